The molecule has 0 fully saturated rings. The van der Waals surface area contributed by atoms with Gasteiger partial charge < -0.3 is 5.32 Å². The molecule has 3 nitrogen and oxygen atoms in total. The standard InChI is InChI=1S/C13H15ClN2O/c1-13(2,9-15)16-12(17)7-6-10-4-3-5-11(14)8-10/h3-5,8H,6-7H2,1-2H3,(H,16,17). The number of benzene rings is 1. The van der Waals surface area contributed by atoms with E-state index in [9.17, 15) is 4.79 Å². The third-order valence-corrected chi connectivity index (χ3v) is 2.50. The van der Waals surface area contributed by atoms with E-state index in [0.717, 1.165) is 5.56 Å². The summed E-state index contributed by atoms with van der Waals surface area (Å²) < 4.78 is 0. The van der Waals surface area contributed by atoms with E-state index >= 15 is 0 Å². The number of amides is 1. The van der Waals surface area contributed by atoms with Crippen molar-refractivity contribution >= 4 is 17.5 Å². The molecule has 1 aromatic rings. The van der Waals surface area contributed by atoms with Crippen molar-refractivity contribution in [3.63, 3.8) is 0 Å². The summed E-state index contributed by atoms with van der Waals surface area (Å²) in [6.07, 6.45) is 0.972. The van der Waals surface area contributed by atoms with Crippen LogP contribution in [0, 0.1) is 11.3 Å². The maximum atomic E-state index is 11.6. The average Bonchev–Trinajstić information content (AvgIpc) is 2.26. The van der Waals surface area contributed by atoms with E-state index in [1.807, 2.05) is 24.3 Å². The Morgan fingerprint density at radius 3 is 2.82 bits per heavy atom. The van der Waals surface area contributed by atoms with Crippen molar-refractivity contribution in [2.24, 2.45) is 0 Å². The normalized spacial score (nSPS) is 10.7. The summed E-state index contributed by atoms with van der Waals surface area (Å²) in [4.78, 5) is 11.6. The van der Waals surface area contributed by atoms with E-state index in [-0.39, 0.29) is 5.91 Å². The lowest BCUT2D eigenvalue weighted by molar-refractivity contribution is -0.122. The molecule has 1 aromatic carbocycles. The number of nitrogens with one attached hydrogen (secondary N) is 1. The summed E-state index contributed by atoms with van der Waals surface area (Å²) in [6.45, 7) is 3.34. The van der Waals surface area contributed by atoms with E-state index in [0.29, 0.717) is 17.9 Å². The van der Waals surface area contributed by atoms with Gasteiger partial charge in [-0.2, -0.15) is 5.26 Å². The van der Waals surface area contributed by atoms with Gasteiger partial charge in [0, 0.05) is 11.4 Å². The van der Waals surface area contributed by atoms with Gasteiger partial charge >= 0.3 is 0 Å². The Morgan fingerprint density at radius 2 is 2.24 bits per heavy atom. The lowest BCUT2D eigenvalue weighted by atomic mass is 10.1. The van der Waals surface area contributed by atoms with Crippen molar-refractivity contribution in [2.45, 2.75) is 32.2 Å². The first-order valence-corrected chi connectivity index (χ1v) is 5.77. The molecule has 0 aliphatic carbocycles. The van der Waals surface area contributed by atoms with Crippen LogP contribution in [0.5, 0.6) is 0 Å². The Hall–Kier alpha value is -1.53. The van der Waals surface area contributed by atoms with E-state index in [2.05, 4.69) is 5.32 Å². The van der Waals surface area contributed by atoms with Crippen molar-refractivity contribution in [3.8, 4) is 6.07 Å². The molecule has 0 aliphatic heterocycles. The van der Waals surface area contributed by atoms with Gasteiger partial charge in [-0.05, 0) is 38.0 Å². The second-order valence-corrected chi connectivity index (χ2v) is 4.85. The van der Waals surface area contributed by atoms with Gasteiger partial charge in [-0.15, -0.1) is 0 Å². The molecule has 0 heterocycles. The largest absolute Gasteiger partial charge is 0.338 e. The molecule has 0 aliphatic rings. The summed E-state index contributed by atoms with van der Waals surface area (Å²) in [5.74, 6) is -0.128. The molecule has 0 saturated carbocycles. The minimum absolute atomic E-state index is 0.128. The summed E-state index contributed by atoms with van der Waals surface area (Å²) in [7, 11) is 0. The zero-order valence-electron chi connectivity index (χ0n) is 9.96. The molecule has 0 saturated heterocycles. The predicted octanol–water partition coefficient (Wildman–Crippen LogP) is 2.69. The van der Waals surface area contributed by atoms with Gasteiger partial charge in [-0.25, -0.2) is 0 Å². The topological polar surface area (TPSA) is 52.9 Å². The Balaban J connectivity index is 2.47. The number of carbonyl (C=O) groups excluding carboxylic acids is 1. The van der Waals surface area contributed by atoms with Gasteiger partial charge in [0.05, 0.1) is 6.07 Å². The Kier molecular flexibility index (Phi) is 4.53. The van der Waals surface area contributed by atoms with Crippen LogP contribution in [-0.4, -0.2) is 11.4 Å². The number of nitriles is 1. The van der Waals surface area contributed by atoms with Gasteiger partial charge in [-0.3, -0.25) is 4.79 Å². The number of rotatable bonds is 4. The Labute approximate surface area is 106 Å². The summed E-state index contributed by atoms with van der Waals surface area (Å²) >= 11 is 5.85. The second kappa shape index (κ2) is 5.70. The fraction of sp³-hybridized carbons (Fsp3) is 0.385. The van der Waals surface area contributed by atoms with Crippen LogP contribution in [0.3, 0.4) is 0 Å². The first-order chi connectivity index (χ1) is 7.93. The monoisotopic (exact) mass is 250 g/mol. The van der Waals surface area contributed by atoms with E-state index in [1.54, 1.807) is 19.9 Å². The molecule has 1 N–H and O–H groups in total. The first-order valence-electron chi connectivity index (χ1n) is 5.40. The average molecular weight is 251 g/mol. The van der Waals surface area contributed by atoms with Crippen LogP contribution in [-0.2, 0) is 11.2 Å². The van der Waals surface area contributed by atoms with Gasteiger partial charge in [0.2, 0.25) is 5.91 Å². The molecule has 1 rings (SSSR count). The first kappa shape index (κ1) is 13.5. The molecular formula is C13H15ClN2O. The fourth-order valence-corrected chi connectivity index (χ4v) is 1.60. The molecule has 0 aromatic heterocycles. The second-order valence-electron chi connectivity index (χ2n) is 4.41. The van der Waals surface area contributed by atoms with Gasteiger partial charge in [0.1, 0.15) is 5.54 Å². The van der Waals surface area contributed by atoms with Gasteiger partial charge in [-0.1, -0.05) is 23.7 Å². The number of halogens is 1. The van der Waals surface area contributed by atoms with Gasteiger partial charge in [0.15, 0.2) is 0 Å². The van der Waals surface area contributed by atoms with Crippen LogP contribution >= 0.6 is 11.6 Å². The molecule has 0 spiro atoms. The fourth-order valence-electron chi connectivity index (χ4n) is 1.39. The van der Waals surface area contributed by atoms with Crippen LogP contribution in [0.15, 0.2) is 24.3 Å². The minimum Gasteiger partial charge on any atom is -0.338 e. The molecule has 0 atom stereocenters. The van der Waals surface area contributed by atoms with Gasteiger partial charge in [0.25, 0.3) is 0 Å². The Morgan fingerprint density at radius 1 is 1.53 bits per heavy atom. The quantitative estimate of drug-likeness (QED) is 0.893. The summed E-state index contributed by atoms with van der Waals surface area (Å²) in [5, 5.41) is 12.1. The van der Waals surface area contributed by atoms with E-state index in [4.69, 9.17) is 16.9 Å². The molecule has 1 amide bonds. The molecule has 0 radical (unpaired) electrons. The number of hydrogen-bond acceptors (Lipinski definition) is 2. The van der Waals surface area contributed by atoms with Crippen LogP contribution in [0.4, 0.5) is 0 Å². The lowest BCUT2D eigenvalue weighted by Crippen LogP contribution is -2.42. The maximum Gasteiger partial charge on any atom is 0.221 e. The van der Waals surface area contributed by atoms with Crippen molar-refractivity contribution in [2.75, 3.05) is 0 Å². The number of hydrogen-bond donors (Lipinski definition) is 1. The maximum absolute atomic E-state index is 11.6. The van der Waals surface area contributed by atoms with Crippen LogP contribution in [0.1, 0.15) is 25.8 Å². The SMILES string of the molecule is CC(C)(C#N)NC(=O)CCc1cccc(Cl)c1. The molecule has 17 heavy (non-hydrogen) atoms. The predicted molar refractivity (Wildman–Crippen MR) is 67.6 cm³/mol. The number of nitrogens with zero attached hydrogens (tertiary/aromatic N) is 1. The van der Waals surface area contributed by atoms with E-state index in [1.165, 1.54) is 0 Å². The van der Waals surface area contributed by atoms with E-state index < -0.39 is 5.54 Å². The highest BCUT2D eigenvalue weighted by atomic mass is 35.5. The zero-order valence-corrected chi connectivity index (χ0v) is 10.7. The molecule has 90 valence electrons. The van der Waals surface area contributed by atoms with Crippen molar-refractivity contribution in [3.05, 3.63) is 34.9 Å². The van der Waals surface area contributed by atoms with Crippen molar-refractivity contribution in [1.29, 1.82) is 5.26 Å². The summed E-state index contributed by atoms with van der Waals surface area (Å²) in [6, 6.07) is 9.44. The zero-order chi connectivity index (χ0) is 12.9. The van der Waals surface area contributed by atoms with Crippen molar-refractivity contribution < 1.29 is 4.79 Å². The number of carbonyl (C=O) groups is 1. The molecule has 4 heteroatoms. The summed E-state index contributed by atoms with van der Waals surface area (Å²) in [5.41, 5.74) is 0.202. The lowest BCUT2D eigenvalue weighted by Gasteiger charge is -2.17. The molecular weight excluding hydrogens is 236 g/mol. The van der Waals surface area contributed by atoms with Crippen LogP contribution in [0.2, 0.25) is 5.02 Å². The highest BCUT2D eigenvalue weighted by molar-refractivity contribution is 6.30. The smallest absolute Gasteiger partial charge is 0.221 e. The Bertz CT molecular complexity index is 449. The van der Waals surface area contributed by atoms with Crippen molar-refractivity contribution in [1.82, 2.24) is 5.32 Å². The molecule has 0 unspecified atom stereocenters. The third-order valence-electron chi connectivity index (χ3n) is 2.26. The highest BCUT2D eigenvalue weighted by Gasteiger charge is 2.18. The minimum atomic E-state index is -0.814. The van der Waals surface area contributed by atoms with Crippen LogP contribution < -0.4 is 5.32 Å². The molecule has 0 bridgehead atoms. The number of aryl methyl sites for hydroxylation is 1. The highest BCUT2D eigenvalue weighted by Crippen LogP contribution is 2.12. The third kappa shape index (κ3) is 4.88. The van der Waals surface area contributed by atoms with Crippen LogP contribution in [0.25, 0.3) is 0 Å².